The molecule has 1 aliphatic heterocycles. The van der Waals surface area contributed by atoms with Gasteiger partial charge in [-0.05, 0) is 27.7 Å². The van der Waals surface area contributed by atoms with E-state index in [9.17, 15) is 18.4 Å². The van der Waals surface area contributed by atoms with E-state index in [-0.39, 0.29) is 5.57 Å². The van der Waals surface area contributed by atoms with E-state index in [0.717, 1.165) is 4.90 Å². The minimum absolute atomic E-state index is 0.175. The average molecular weight is 305 g/mol. The highest BCUT2D eigenvalue weighted by atomic mass is 19.3. The van der Waals surface area contributed by atoms with Crippen LogP contribution in [0.3, 0.4) is 0 Å². The van der Waals surface area contributed by atoms with Crippen molar-refractivity contribution in [3.63, 3.8) is 0 Å². The first-order chi connectivity index (χ1) is 9.45. The molecular weight excluding hydrogens is 284 g/mol. The standard InChI is InChI=1S/C14H21F2NO4/c1-9(11(18)20-5)6-10-7-14(15,16)8-17(10)12(19)21-13(2,3)4/h6,10H,7-8H2,1-5H3/b9-6+/t10-/m0/s1. The number of methoxy groups -OCH3 is 1. The van der Waals surface area contributed by atoms with E-state index in [1.165, 1.54) is 20.1 Å². The van der Waals surface area contributed by atoms with E-state index in [4.69, 9.17) is 4.74 Å². The van der Waals surface area contributed by atoms with Crippen molar-refractivity contribution < 1.29 is 27.8 Å². The zero-order chi connectivity index (χ0) is 16.4. The number of alkyl halides is 2. The van der Waals surface area contributed by atoms with Gasteiger partial charge in [-0.3, -0.25) is 4.90 Å². The lowest BCUT2D eigenvalue weighted by Gasteiger charge is -2.27. The molecule has 1 aliphatic rings. The number of amides is 1. The second kappa shape index (κ2) is 5.99. The van der Waals surface area contributed by atoms with Crippen molar-refractivity contribution in [2.24, 2.45) is 0 Å². The predicted molar refractivity (Wildman–Crippen MR) is 72.1 cm³/mol. The molecule has 0 aliphatic carbocycles. The van der Waals surface area contributed by atoms with Crippen LogP contribution in [-0.2, 0) is 14.3 Å². The number of carbonyl (C=O) groups is 2. The number of likely N-dealkylation sites (tertiary alicyclic amines) is 1. The summed E-state index contributed by atoms with van der Waals surface area (Å²) in [5, 5.41) is 0. The van der Waals surface area contributed by atoms with Crippen molar-refractivity contribution >= 4 is 12.1 Å². The Kier molecular flexibility index (Phi) is 4.96. The largest absolute Gasteiger partial charge is 0.466 e. The van der Waals surface area contributed by atoms with Crippen LogP contribution in [-0.4, -0.2) is 48.2 Å². The van der Waals surface area contributed by atoms with Crippen molar-refractivity contribution in [2.45, 2.75) is 51.7 Å². The van der Waals surface area contributed by atoms with Crippen LogP contribution in [0, 0.1) is 0 Å². The second-order valence-electron chi connectivity index (χ2n) is 6.08. The van der Waals surface area contributed by atoms with Crippen LogP contribution in [0.25, 0.3) is 0 Å². The van der Waals surface area contributed by atoms with Gasteiger partial charge in [0.15, 0.2) is 0 Å². The normalized spacial score (nSPS) is 22.1. The van der Waals surface area contributed by atoms with Crippen molar-refractivity contribution in [2.75, 3.05) is 13.7 Å². The Morgan fingerprint density at radius 2 is 1.90 bits per heavy atom. The molecule has 1 saturated heterocycles. The highest BCUT2D eigenvalue weighted by Gasteiger charge is 2.47. The molecule has 0 N–H and O–H groups in total. The molecule has 0 radical (unpaired) electrons. The summed E-state index contributed by atoms with van der Waals surface area (Å²) in [6, 6.07) is -0.894. The monoisotopic (exact) mass is 305 g/mol. The van der Waals surface area contributed by atoms with E-state index >= 15 is 0 Å². The molecule has 1 amide bonds. The SMILES string of the molecule is COC(=O)/C(C)=C/[C@H]1CC(F)(F)CN1C(=O)OC(C)(C)C. The van der Waals surface area contributed by atoms with Gasteiger partial charge in [0.1, 0.15) is 5.60 Å². The number of ether oxygens (including phenoxy) is 2. The molecule has 7 heteroatoms. The zero-order valence-corrected chi connectivity index (χ0v) is 12.9. The van der Waals surface area contributed by atoms with Gasteiger partial charge >= 0.3 is 12.1 Å². The highest BCUT2D eigenvalue weighted by Crippen LogP contribution is 2.34. The van der Waals surface area contributed by atoms with Crippen LogP contribution in [0.2, 0.25) is 0 Å². The fourth-order valence-corrected chi connectivity index (χ4v) is 2.03. The Morgan fingerprint density at radius 3 is 2.38 bits per heavy atom. The molecule has 120 valence electrons. The van der Waals surface area contributed by atoms with Crippen LogP contribution in [0.15, 0.2) is 11.6 Å². The van der Waals surface area contributed by atoms with Crippen molar-refractivity contribution in [3.8, 4) is 0 Å². The minimum Gasteiger partial charge on any atom is -0.466 e. The first-order valence-electron chi connectivity index (χ1n) is 6.59. The maximum atomic E-state index is 13.6. The lowest BCUT2D eigenvalue weighted by molar-refractivity contribution is -0.136. The Morgan fingerprint density at radius 1 is 1.33 bits per heavy atom. The van der Waals surface area contributed by atoms with Gasteiger partial charge in [0.25, 0.3) is 5.92 Å². The Hall–Kier alpha value is -1.66. The first kappa shape index (κ1) is 17.4. The quantitative estimate of drug-likeness (QED) is 0.581. The van der Waals surface area contributed by atoms with Gasteiger partial charge in [0.05, 0.1) is 19.7 Å². The smallest absolute Gasteiger partial charge is 0.410 e. The molecule has 0 aromatic rings. The summed E-state index contributed by atoms with van der Waals surface area (Å²) in [5.41, 5.74) is -0.602. The van der Waals surface area contributed by atoms with Gasteiger partial charge < -0.3 is 9.47 Å². The molecule has 21 heavy (non-hydrogen) atoms. The third kappa shape index (κ3) is 4.99. The molecule has 0 spiro atoms. The van der Waals surface area contributed by atoms with Gasteiger partial charge in [-0.1, -0.05) is 6.08 Å². The molecule has 0 saturated carbocycles. The third-order valence-electron chi connectivity index (χ3n) is 2.89. The molecule has 0 aromatic carbocycles. The fourth-order valence-electron chi connectivity index (χ4n) is 2.03. The summed E-state index contributed by atoms with van der Waals surface area (Å²) < 4.78 is 36.8. The number of nitrogens with zero attached hydrogens (tertiary/aromatic N) is 1. The van der Waals surface area contributed by atoms with E-state index < -0.39 is 42.6 Å². The Labute approximate surface area is 122 Å². The summed E-state index contributed by atoms with van der Waals surface area (Å²) in [6.07, 6.45) is -0.0457. The van der Waals surface area contributed by atoms with Gasteiger partial charge in [-0.15, -0.1) is 0 Å². The summed E-state index contributed by atoms with van der Waals surface area (Å²) in [7, 11) is 1.20. The van der Waals surface area contributed by atoms with Gasteiger partial charge in [-0.25, -0.2) is 18.4 Å². The number of halogens is 2. The van der Waals surface area contributed by atoms with Crippen molar-refractivity contribution in [1.29, 1.82) is 0 Å². The van der Waals surface area contributed by atoms with Gasteiger partial charge in [-0.2, -0.15) is 0 Å². The third-order valence-corrected chi connectivity index (χ3v) is 2.89. The molecule has 1 atom stereocenters. The molecule has 0 unspecified atom stereocenters. The lowest BCUT2D eigenvalue weighted by Crippen LogP contribution is -2.40. The van der Waals surface area contributed by atoms with Crippen LogP contribution in [0.4, 0.5) is 13.6 Å². The van der Waals surface area contributed by atoms with Crippen LogP contribution in [0.1, 0.15) is 34.1 Å². The summed E-state index contributed by atoms with van der Waals surface area (Å²) in [5.74, 6) is -3.62. The predicted octanol–water partition coefficient (Wildman–Crippen LogP) is 2.75. The van der Waals surface area contributed by atoms with Crippen molar-refractivity contribution in [3.05, 3.63) is 11.6 Å². The molecule has 1 rings (SSSR count). The van der Waals surface area contributed by atoms with Gasteiger partial charge in [0, 0.05) is 12.0 Å². The fraction of sp³-hybridized carbons (Fsp3) is 0.714. The average Bonchev–Trinajstić information content (AvgIpc) is 2.61. The Balaban J connectivity index is 2.94. The zero-order valence-electron chi connectivity index (χ0n) is 12.9. The van der Waals surface area contributed by atoms with Crippen LogP contribution >= 0.6 is 0 Å². The summed E-state index contributed by atoms with van der Waals surface area (Å²) >= 11 is 0. The number of rotatable bonds is 2. The minimum atomic E-state index is -3.01. The van der Waals surface area contributed by atoms with E-state index in [1.807, 2.05) is 0 Å². The van der Waals surface area contributed by atoms with E-state index in [0.29, 0.717) is 0 Å². The molecule has 5 nitrogen and oxygen atoms in total. The lowest BCUT2D eigenvalue weighted by atomic mass is 10.1. The second-order valence-corrected chi connectivity index (χ2v) is 6.08. The molecular formula is C14H21F2NO4. The molecule has 1 fully saturated rings. The number of carbonyl (C=O) groups excluding carboxylic acids is 2. The number of esters is 1. The summed E-state index contributed by atoms with van der Waals surface area (Å²) in [6.45, 7) is 5.70. The van der Waals surface area contributed by atoms with E-state index in [2.05, 4.69) is 4.74 Å². The van der Waals surface area contributed by atoms with Crippen LogP contribution in [0.5, 0.6) is 0 Å². The summed E-state index contributed by atoms with van der Waals surface area (Å²) in [4.78, 5) is 24.3. The molecule has 1 heterocycles. The van der Waals surface area contributed by atoms with Crippen LogP contribution < -0.4 is 0 Å². The van der Waals surface area contributed by atoms with E-state index in [1.54, 1.807) is 20.8 Å². The molecule has 0 bridgehead atoms. The highest BCUT2D eigenvalue weighted by molar-refractivity contribution is 5.87. The Bertz CT molecular complexity index is 454. The molecule has 0 aromatic heterocycles. The van der Waals surface area contributed by atoms with Gasteiger partial charge in [0.2, 0.25) is 0 Å². The van der Waals surface area contributed by atoms with Crippen molar-refractivity contribution in [1.82, 2.24) is 4.90 Å². The first-order valence-corrected chi connectivity index (χ1v) is 6.59. The number of hydrogen-bond donors (Lipinski definition) is 0. The maximum absolute atomic E-state index is 13.6. The topological polar surface area (TPSA) is 55.8 Å². The number of hydrogen-bond acceptors (Lipinski definition) is 4. The maximum Gasteiger partial charge on any atom is 0.410 e.